The molecule has 2 atom stereocenters. The number of anilines is 1. The van der Waals surface area contributed by atoms with Gasteiger partial charge in [-0.05, 0) is 30.8 Å². The maximum absolute atomic E-state index is 12.9. The summed E-state index contributed by atoms with van der Waals surface area (Å²) >= 11 is 1.29. The van der Waals surface area contributed by atoms with Crippen molar-refractivity contribution in [2.75, 3.05) is 12.3 Å². The van der Waals surface area contributed by atoms with Gasteiger partial charge in [-0.1, -0.05) is 38.1 Å². The molecule has 2 aliphatic rings. The van der Waals surface area contributed by atoms with Crippen LogP contribution in [0.15, 0.2) is 36.7 Å². The Morgan fingerprint density at radius 3 is 2.73 bits per heavy atom. The fourth-order valence-electron chi connectivity index (χ4n) is 5.48. The van der Waals surface area contributed by atoms with Crippen molar-refractivity contribution in [1.82, 2.24) is 28.6 Å². The first kappa shape index (κ1) is 23.7. The van der Waals surface area contributed by atoms with Crippen molar-refractivity contribution < 1.29 is 9.59 Å². The lowest BCUT2D eigenvalue weighted by molar-refractivity contribution is -0.130. The van der Waals surface area contributed by atoms with Crippen molar-refractivity contribution in [2.45, 2.75) is 63.8 Å². The van der Waals surface area contributed by atoms with Crippen LogP contribution >= 0.6 is 11.5 Å². The van der Waals surface area contributed by atoms with Gasteiger partial charge < -0.3 is 10.6 Å². The zero-order valence-electron chi connectivity index (χ0n) is 20.9. The Balaban J connectivity index is 1.29. The molecule has 190 valence electrons. The molecule has 0 bridgehead atoms. The van der Waals surface area contributed by atoms with Crippen LogP contribution in [0.25, 0.3) is 16.8 Å². The summed E-state index contributed by atoms with van der Waals surface area (Å²) < 4.78 is 6.36. The molecule has 5 heterocycles. The van der Waals surface area contributed by atoms with Crippen LogP contribution < -0.4 is 5.73 Å². The maximum Gasteiger partial charge on any atom is 0.222 e. The molecule has 9 nitrogen and oxygen atoms in total. The smallest absolute Gasteiger partial charge is 0.222 e. The predicted octanol–water partition coefficient (Wildman–Crippen LogP) is 4.25. The zero-order valence-corrected chi connectivity index (χ0v) is 21.7. The largest absolute Gasteiger partial charge is 0.382 e. The lowest BCUT2D eigenvalue weighted by Crippen LogP contribution is -2.41. The highest BCUT2D eigenvalue weighted by atomic mass is 32.1. The van der Waals surface area contributed by atoms with E-state index >= 15 is 0 Å². The molecule has 0 spiro atoms. The molecule has 6 rings (SSSR count). The Morgan fingerprint density at radius 2 is 1.97 bits per heavy atom. The number of rotatable bonds is 6. The molecule has 0 aliphatic carbocycles. The number of nitrogen functional groups attached to an aromatic ring is 1. The molecule has 1 aromatic carbocycles. The van der Waals surface area contributed by atoms with E-state index in [9.17, 15) is 9.59 Å². The minimum absolute atomic E-state index is 0.00149. The van der Waals surface area contributed by atoms with Gasteiger partial charge in [0.25, 0.3) is 0 Å². The van der Waals surface area contributed by atoms with E-state index in [0.29, 0.717) is 30.4 Å². The molecular formula is C27H29N7O2S. The van der Waals surface area contributed by atoms with E-state index in [1.54, 1.807) is 6.20 Å². The molecule has 3 aromatic heterocycles. The highest BCUT2D eigenvalue weighted by Crippen LogP contribution is 2.38. The second kappa shape index (κ2) is 9.33. The number of imidazole rings is 1. The van der Waals surface area contributed by atoms with E-state index in [4.69, 9.17) is 10.7 Å². The third-order valence-electron chi connectivity index (χ3n) is 7.49. The first-order valence-electron chi connectivity index (χ1n) is 12.8. The van der Waals surface area contributed by atoms with Gasteiger partial charge in [-0.15, -0.1) is 0 Å². The molecule has 2 fully saturated rings. The van der Waals surface area contributed by atoms with Gasteiger partial charge in [0, 0.05) is 54.4 Å². The first-order chi connectivity index (χ1) is 17.9. The van der Waals surface area contributed by atoms with Gasteiger partial charge in [-0.25, -0.2) is 15.0 Å². The van der Waals surface area contributed by atoms with Gasteiger partial charge in [-0.2, -0.15) is 4.37 Å². The number of fused-ring (bicyclic) bond motifs is 2. The Labute approximate surface area is 218 Å². The van der Waals surface area contributed by atoms with Crippen molar-refractivity contribution in [3.63, 3.8) is 0 Å². The van der Waals surface area contributed by atoms with Gasteiger partial charge in [0.15, 0.2) is 5.78 Å². The van der Waals surface area contributed by atoms with Crippen molar-refractivity contribution in [1.29, 1.82) is 0 Å². The number of amides is 1. The summed E-state index contributed by atoms with van der Waals surface area (Å²) in [7, 11) is 0. The Morgan fingerprint density at radius 1 is 1.16 bits per heavy atom. The third-order valence-corrected chi connectivity index (χ3v) is 8.21. The number of hydrogen-bond acceptors (Lipinski definition) is 8. The molecule has 1 amide bonds. The molecule has 2 N–H and O–H groups in total. The molecule has 2 aliphatic heterocycles. The Kier molecular flexibility index (Phi) is 5.98. The van der Waals surface area contributed by atoms with Gasteiger partial charge in [0.1, 0.15) is 33.7 Å². The predicted molar refractivity (Wildman–Crippen MR) is 142 cm³/mol. The van der Waals surface area contributed by atoms with E-state index in [-0.39, 0.29) is 29.9 Å². The molecule has 10 heteroatoms. The average molecular weight is 516 g/mol. The van der Waals surface area contributed by atoms with Gasteiger partial charge in [0.2, 0.25) is 5.91 Å². The number of carbonyl (C=O) groups is 2. The quantitative estimate of drug-likeness (QED) is 0.381. The third kappa shape index (κ3) is 4.29. The number of carbonyl (C=O) groups excluding carboxylic acids is 2. The number of Topliss-reactive ketones (excluding diaryl/α,β-unsaturated/α-hetero) is 1. The summed E-state index contributed by atoms with van der Waals surface area (Å²) in [5, 5.41) is 0.729. The van der Waals surface area contributed by atoms with Crippen LogP contribution in [0.2, 0.25) is 0 Å². The second-order valence-electron chi connectivity index (χ2n) is 10.2. The van der Waals surface area contributed by atoms with E-state index in [1.165, 1.54) is 11.5 Å². The second-order valence-corrected chi connectivity index (χ2v) is 11.1. The molecule has 2 saturated heterocycles. The number of benzene rings is 1. The number of hydrogen-bond donors (Lipinski definition) is 1. The van der Waals surface area contributed by atoms with E-state index < -0.39 is 0 Å². The summed E-state index contributed by atoms with van der Waals surface area (Å²) in [6.07, 6.45) is 7.38. The Bertz CT molecular complexity index is 1490. The molecule has 37 heavy (non-hydrogen) atoms. The molecule has 0 radical (unpaired) electrons. The SMILES string of the molecule is CC(C)c1nsc(CC(=O)c2ccc(-c3nc([C@@H]4CC[C@H]5CCC(=O)N5C4)n4ccnc(N)c34)cc2)n1. The Hall–Kier alpha value is -3.66. The first-order valence-corrected chi connectivity index (χ1v) is 13.5. The molecule has 4 aromatic rings. The van der Waals surface area contributed by atoms with Crippen LogP contribution in [-0.4, -0.2) is 52.9 Å². The normalized spacial score (nSPS) is 19.6. The topological polar surface area (TPSA) is 119 Å². The summed E-state index contributed by atoms with van der Waals surface area (Å²) in [4.78, 5) is 41.2. The van der Waals surface area contributed by atoms with Crippen LogP contribution in [0.3, 0.4) is 0 Å². The van der Waals surface area contributed by atoms with Crippen molar-refractivity contribution >= 4 is 34.6 Å². The number of nitrogens with two attached hydrogens (primary N) is 1. The minimum Gasteiger partial charge on any atom is -0.382 e. The lowest BCUT2D eigenvalue weighted by Gasteiger charge is -2.34. The van der Waals surface area contributed by atoms with Crippen LogP contribution in [-0.2, 0) is 11.2 Å². The number of ketones is 1. The molecule has 0 unspecified atom stereocenters. The van der Waals surface area contributed by atoms with Crippen molar-refractivity contribution in [3.8, 4) is 11.3 Å². The fraction of sp³-hybridized carbons (Fsp3) is 0.407. The van der Waals surface area contributed by atoms with Gasteiger partial charge in [0.05, 0.1) is 6.42 Å². The van der Waals surface area contributed by atoms with Gasteiger partial charge >= 0.3 is 0 Å². The van der Waals surface area contributed by atoms with Crippen LogP contribution in [0.5, 0.6) is 0 Å². The van der Waals surface area contributed by atoms with E-state index in [0.717, 1.165) is 52.7 Å². The highest BCUT2D eigenvalue weighted by molar-refractivity contribution is 7.05. The van der Waals surface area contributed by atoms with Crippen LogP contribution in [0, 0.1) is 0 Å². The van der Waals surface area contributed by atoms with E-state index in [1.807, 2.05) is 53.6 Å². The lowest BCUT2D eigenvalue weighted by atomic mass is 9.92. The summed E-state index contributed by atoms with van der Waals surface area (Å²) in [5.74, 6) is 2.69. The monoisotopic (exact) mass is 515 g/mol. The number of piperidine rings is 1. The number of nitrogens with zero attached hydrogens (tertiary/aromatic N) is 6. The summed E-state index contributed by atoms with van der Waals surface area (Å²) in [5.41, 5.74) is 9.30. The average Bonchev–Trinajstić information content (AvgIpc) is 3.62. The van der Waals surface area contributed by atoms with Gasteiger partial charge in [-0.3, -0.25) is 14.0 Å². The molecular weight excluding hydrogens is 486 g/mol. The summed E-state index contributed by atoms with van der Waals surface area (Å²) in [6.45, 7) is 4.76. The maximum atomic E-state index is 12.9. The zero-order chi connectivity index (χ0) is 25.7. The minimum atomic E-state index is 0.00149. The fourth-order valence-corrected chi connectivity index (χ4v) is 6.26. The van der Waals surface area contributed by atoms with Crippen LogP contribution in [0.1, 0.15) is 78.4 Å². The molecule has 0 saturated carbocycles. The standard InChI is InChI=1S/C27H29N7O2S/c1-15(2)26-30-21(37-32-26)13-20(35)16-3-5-17(6-4-16)23-24-25(28)29-11-12-33(24)27(31-23)18-7-8-19-9-10-22(36)34(19)14-18/h3-6,11-12,15,18-19H,7-10,13-14H2,1-2H3,(H2,28,29)/t18-,19+/m1/s1. The van der Waals surface area contributed by atoms with E-state index in [2.05, 4.69) is 14.3 Å². The van der Waals surface area contributed by atoms with Crippen molar-refractivity contribution in [3.05, 3.63) is 58.9 Å². The van der Waals surface area contributed by atoms with Crippen molar-refractivity contribution in [2.24, 2.45) is 0 Å². The summed E-state index contributed by atoms with van der Waals surface area (Å²) in [6, 6.07) is 7.84. The number of aromatic nitrogens is 5. The van der Waals surface area contributed by atoms with Crippen LogP contribution in [0.4, 0.5) is 5.82 Å². The highest BCUT2D eigenvalue weighted by Gasteiger charge is 2.38.